The average molecular weight is 315 g/mol. The van der Waals surface area contributed by atoms with Crippen molar-refractivity contribution in [2.24, 2.45) is 0 Å². The maximum atomic E-state index is 12.1. The van der Waals surface area contributed by atoms with E-state index in [2.05, 4.69) is 4.89 Å². The van der Waals surface area contributed by atoms with Crippen molar-refractivity contribution >= 4 is 17.6 Å². The van der Waals surface area contributed by atoms with Gasteiger partial charge in [-0.15, -0.1) is 0 Å². The van der Waals surface area contributed by atoms with Gasteiger partial charge < -0.3 is 4.89 Å². The Labute approximate surface area is 133 Å². The van der Waals surface area contributed by atoms with E-state index in [0.717, 1.165) is 5.56 Å². The van der Waals surface area contributed by atoms with Crippen LogP contribution in [0.3, 0.4) is 0 Å². The van der Waals surface area contributed by atoms with Crippen LogP contribution in [0.15, 0.2) is 54.6 Å². The van der Waals surface area contributed by atoms with E-state index in [1.54, 1.807) is 54.6 Å². The molecule has 6 heteroatoms. The van der Waals surface area contributed by atoms with Gasteiger partial charge in [0.15, 0.2) is 0 Å². The van der Waals surface area contributed by atoms with E-state index < -0.39 is 11.9 Å². The fourth-order valence-corrected chi connectivity index (χ4v) is 2.11. The highest BCUT2D eigenvalue weighted by atomic mass is 17.1. The van der Waals surface area contributed by atoms with E-state index in [1.165, 1.54) is 0 Å². The van der Waals surface area contributed by atoms with Crippen molar-refractivity contribution in [3.8, 4) is 0 Å². The molecule has 0 heterocycles. The summed E-state index contributed by atoms with van der Waals surface area (Å²) in [6.45, 7) is 0. The molecule has 0 aromatic heterocycles. The van der Waals surface area contributed by atoms with Gasteiger partial charge in [-0.3, -0.25) is 10.0 Å². The molecule has 0 saturated heterocycles. The lowest BCUT2D eigenvalue weighted by Crippen LogP contribution is -2.26. The highest BCUT2D eigenvalue weighted by Gasteiger charge is 2.15. The van der Waals surface area contributed by atoms with Gasteiger partial charge in [0.05, 0.1) is 5.69 Å². The second-order valence-corrected chi connectivity index (χ2v) is 4.97. The number of hydrogen-bond donors (Lipinski definition) is 2. The Morgan fingerprint density at radius 2 is 1.65 bits per heavy atom. The minimum absolute atomic E-state index is 0.122. The average Bonchev–Trinajstić information content (AvgIpc) is 2.61. The van der Waals surface area contributed by atoms with E-state index in [4.69, 9.17) is 5.26 Å². The number of nitrogens with zero attached hydrogens (tertiary/aromatic N) is 1. The summed E-state index contributed by atoms with van der Waals surface area (Å²) in [6, 6.07) is 15.3. The maximum absolute atomic E-state index is 12.1. The largest absolute Gasteiger partial charge is 0.342 e. The normalized spacial score (nSPS) is 10.2. The lowest BCUT2D eigenvalue weighted by atomic mass is 10.1. The Kier molecular flexibility index (Phi) is 5.85. The first-order valence-electron chi connectivity index (χ1n) is 7.13. The number of benzene rings is 2. The molecule has 0 aliphatic rings. The number of hydrogen-bond acceptors (Lipinski definition) is 5. The number of carbonyl (C=O) groups is 2. The van der Waals surface area contributed by atoms with Crippen LogP contribution < -0.4 is 5.06 Å². The maximum Gasteiger partial charge on any atom is 0.342 e. The van der Waals surface area contributed by atoms with Crippen molar-refractivity contribution in [3.63, 3.8) is 0 Å². The fraction of sp³-hybridized carbons (Fsp3) is 0.176. The summed E-state index contributed by atoms with van der Waals surface area (Å²) in [5.74, 6) is -1.18. The van der Waals surface area contributed by atoms with Gasteiger partial charge in [0, 0.05) is 12.0 Å². The third-order valence-electron chi connectivity index (χ3n) is 3.34. The molecule has 120 valence electrons. The van der Waals surface area contributed by atoms with Crippen LogP contribution in [0.4, 0.5) is 5.69 Å². The van der Waals surface area contributed by atoms with Crippen LogP contribution in [-0.2, 0) is 16.1 Å². The van der Waals surface area contributed by atoms with Gasteiger partial charge in [0.2, 0.25) is 0 Å². The van der Waals surface area contributed by atoms with E-state index in [-0.39, 0.29) is 6.42 Å². The molecule has 0 fully saturated rings. The molecular formula is C17H17NO5. The molecule has 0 radical (unpaired) electrons. The standard InChI is InChI=1S/C17H17NO5/c19-16(23-22)8-4-5-13-9-11-15(12-10-13)18(21)17(20)14-6-2-1-3-7-14/h1-3,6-7,9-12,21-22H,4-5,8H2. The minimum Gasteiger partial charge on any atom is -0.301 e. The molecule has 0 bridgehead atoms. The first-order chi connectivity index (χ1) is 11.1. The molecule has 0 spiro atoms. The van der Waals surface area contributed by atoms with E-state index in [0.29, 0.717) is 29.2 Å². The zero-order chi connectivity index (χ0) is 16.7. The summed E-state index contributed by atoms with van der Waals surface area (Å²) in [5.41, 5.74) is 1.69. The third kappa shape index (κ3) is 4.64. The summed E-state index contributed by atoms with van der Waals surface area (Å²) in [4.78, 5) is 26.5. The number of carbonyl (C=O) groups excluding carboxylic acids is 2. The first-order valence-corrected chi connectivity index (χ1v) is 7.13. The predicted molar refractivity (Wildman–Crippen MR) is 83.1 cm³/mol. The van der Waals surface area contributed by atoms with Crippen molar-refractivity contribution in [3.05, 3.63) is 65.7 Å². The number of rotatable bonds is 6. The molecular weight excluding hydrogens is 298 g/mol. The topological polar surface area (TPSA) is 87.1 Å². The number of aryl methyl sites for hydroxylation is 1. The highest BCUT2D eigenvalue weighted by Crippen LogP contribution is 2.17. The van der Waals surface area contributed by atoms with Gasteiger partial charge >= 0.3 is 5.97 Å². The lowest BCUT2D eigenvalue weighted by molar-refractivity contribution is -0.234. The van der Waals surface area contributed by atoms with Gasteiger partial charge in [-0.2, -0.15) is 10.3 Å². The Bertz CT molecular complexity index is 654. The summed E-state index contributed by atoms with van der Waals surface area (Å²) in [6.07, 6.45) is 1.27. The molecule has 0 saturated carbocycles. The summed E-state index contributed by atoms with van der Waals surface area (Å²) in [7, 11) is 0. The molecule has 0 aliphatic heterocycles. The molecule has 2 N–H and O–H groups in total. The second kappa shape index (κ2) is 8.07. The lowest BCUT2D eigenvalue weighted by Gasteiger charge is -2.15. The quantitative estimate of drug-likeness (QED) is 0.486. The summed E-state index contributed by atoms with van der Waals surface area (Å²) < 4.78 is 0. The Morgan fingerprint density at radius 3 is 2.26 bits per heavy atom. The highest BCUT2D eigenvalue weighted by molar-refractivity contribution is 6.04. The Balaban J connectivity index is 1.96. The van der Waals surface area contributed by atoms with Crippen molar-refractivity contribution in [2.45, 2.75) is 19.3 Å². The van der Waals surface area contributed by atoms with Gasteiger partial charge in [0.25, 0.3) is 5.91 Å². The smallest absolute Gasteiger partial charge is 0.301 e. The van der Waals surface area contributed by atoms with Crippen molar-refractivity contribution < 1.29 is 24.9 Å². The monoisotopic (exact) mass is 315 g/mol. The summed E-state index contributed by atoms with van der Waals surface area (Å²) in [5, 5.41) is 18.8. The van der Waals surface area contributed by atoms with Crippen LogP contribution in [0.25, 0.3) is 0 Å². The van der Waals surface area contributed by atoms with Crippen LogP contribution in [-0.4, -0.2) is 22.3 Å². The number of hydroxylamine groups is 1. The van der Waals surface area contributed by atoms with E-state index in [1.807, 2.05) is 0 Å². The first kappa shape index (κ1) is 16.7. The molecule has 2 aromatic rings. The minimum atomic E-state index is -0.670. The molecule has 6 nitrogen and oxygen atoms in total. The van der Waals surface area contributed by atoms with E-state index >= 15 is 0 Å². The molecule has 1 amide bonds. The Morgan fingerprint density at radius 1 is 1.00 bits per heavy atom. The van der Waals surface area contributed by atoms with Crippen LogP contribution in [0.5, 0.6) is 0 Å². The van der Waals surface area contributed by atoms with Gasteiger partial charge in [-0.25, -0.2) is 4.79 Å². The third-order valence-corrected chi connectivity index (χ3v) is 3.34. The second-order valence-electron chi connectivity index (χ2n) is 4.97. The molecule has 2 rings (SSSR count). The zero-order valence-corrected chi connectivity index (χ0v) is 12.4. The van der Waals surface area contributed by atoms with Crippen LogP contribution >= 0.6 is 0 Å². The summed E-state index contributed by atoms with van der Waals surface area (Å²) >= 11 is 0. The van der Waals surface area contributed by atoms with Gasteiger partial charge in [-0.1, -0.05) is 30.3 Å². The van der Waals surface area contributed by atoms with Crippen molar-refractivity contribution in [2.75, 3.05) is 5.06 Å². The van der Waals surface area contributed by atoms with Gasteiger partial charge in [0.1, 0.15) is 0 Å². The number of anilines is 1. The van der Waals surface area contributed by atoms with Crippen LogP contribution in [0.1, 0.15) is 28.8 Å². The fourth-order valence-electron chi connectivity index (χ4n) is 2.11. The number of amides is 1. The molecule has 0 atom stereocenters. The molecule has 2 aromatic carbocycles. The SMILES string of the molecule is O=C(CCCc1ccc(N(O)C(=O)c2ccccc2)cc1)OO. The van der Waals surface area contributed by atoms with Crippen LogP contribution in [0, 0.1) is 0 Å². The van der Waals surface area contributed by atoms with Gasteiger partial charge in [-0.05, 0) is 42.7 Å². The van der Waals surface area contributed by atoms with Crippen LogP contribution in [0.2, 0.25) is 0 Å². The van der Waals surface area contributed by atoms with Crippen molar-refractivity contribution in [1.29, 1.82) is 0 Å². The molecule has 0 unspecified atom stereocenters. The molecule has 23 heavy (non-hydrogen) atoms. The molecule has 0 aliphatic carbocycles. The zero-order valence-electron chi connectivity index (χ0n) is 12.4. The Hall–Kier alpha value is -2.70. The van der Waals surface area contributed by atoms with E-state index in [9.17, 15) is 14.8 Å². The predicted octanol–water partition coefficient (Wildman–Crippen LogP) is 3.06. The van der Waals surface area contributed by atoms with Crippen molar-refractivity contribution in [1.82, 2.24) is 0 Å².